The van der Waals surface area contributed by atoms with E-state index in [2.05, 4.69) is 21.4 Å². The third kappa shape index (κ3) is 5.88. The van der Waals surface area contributed by atoms with E-state index in [1.165, 1.54) is 19.3 Å². The minimum atomic E-state index is -0.597. The number of carbonyl (C=O) groups is 2. The van der Waals surface area contributed by atoms with Crippen molar-refractivity contribution in [2.24, 2.45) is 13.0 Å². The topological polar surface area (TPSA) is 116 Å². The molecule has 0 radical (unpaired) electrons. The van der Waals surface area contributed by atoms with Crippen LogP contribution in [0.25, 0.3) is 22.4 Å². The summed E-state index contributed by atoms with van der Waals surface area (Å²) in [5.41, 5.74) is 4.57. The predicted octanol–water partition coefficient (Wildman–Crippen LogP) is 5.95. The van der Waals surface area contributed by atoms with Crippen LogP contribution in [0.15, 0.2) is 59.5 Å². The van der Waals surface area contributed by atoms with Gasteiger partial charge in [0.2, 0.25) is 5.88 Å². The molecule has 1 atom stereocenters. The highest BCUT2D eigenvalue weighted by Crippen LogP contribution is 2.46. The minimum absolute atomic E-state index is 0.0544. The molecule has 2 aromatic carbocycles. The standard InChI is InChI=1S/C34H33Cl2N5O5/c1-4-15-46-34(44)20-17-41(18-20)27-12-11-19-16-26(39-32(45-3)28(19)27)23-9-5-7-21(29(23)35)22-8-6-10-25(30(22)36)38-31(42)24-13-14-37-40(2)33(24)43/h5-10,13-14,16,20,27H,4,11-12,15,17-18H2,1-3H3,(H,38,42). The van der Waals surface area contributed by atoms with Crippen molar-refractivity contribution in [2.75, 3.05) is 32.1 Å². The van der Waals surface area contributed by atoms with Gasteiger partial charge < -0.3 is 14.8 Å². The van der Waals surface area contributed by atoms with Crippen molar-refractivity contribution in [2.45, 2.75) is 32.2 Å². The summed E-state index contributed by atoms with van der Waals surface area (Å²) in [6.45, 7) is 3.75. The van der Waals surface area contributed by atoms with Gasteiger partial charge in [-0.2, -0.15) is 5.10 Å². The molecular formula is C34H33Cl2N5O5. The summed E-state index contributed by atoms with van der Waals surface area (Å²) in [4.78, 5) is 44.8. The van der Waals surface area contributed by atoms with Crippen LogP contribution in [0.5, 0.6) is 5.88 Å². The van der Waals surface area contributed by atoms with Gasteiger partial charge in [0.15, 0.2) is 0 Å². The molecular weight excluding hydrogens is 629 g/mol. The van der Waals surface area contributed by atoms with Gasteiger partial charge in [-0.15, -0.1) is 0 Å². The Labute approximate surface area is 276 Å². The number of esters is 1. The Balaban J connectivity index is 1.27. The Kier molecular flexibility index (Phi) is 9.13. The Bertz CT molecular complexity index is 1890. The van der Waals surface area contributed by atoms with E-state index >= 15 is 0 Å². The number of pyridine rings is 1. The van der Waals surface area contributed by atoms with Crippen LogP contribution in [0.2, 0.25) is 10.0 Å². The van der Waals surface area contributed by atoms with E-state index in [0.717, 1.165) is 35.1 Å². The van der Waals surface area contributed by atoms with Gasteiger partial charge in [0.25, 0.3) is 11.5 Å². The number of amides is 1. The molecule has 6 rings (SSSR count). The number of nitrogens with one attached hydrogen (secondary N) is 1. The Morgan fingerprint density at radius 1 is 1.04 bits per heavy atom. The van der Waals surface area contributed by atoms with Crippen molar-refractivity contribution in [3.05, 3.63) is 91.8 Å². The van der Waals surface area contributed by atoms with E-state index in [1.807, 2.05) is 31.2 Å². The molecule has 4 aromatic rings. The fraction of sp³-hybridized carbons (Fsp3) is 0.324. The molecule has 0 bridgehead atoms. The number of benzene rings is 2. The molecule has 238 valence electrons. The maximum Gasteiger partial charge on any atom is 0.311 e. The predicted molar refractivity (Wildman–Crippen MR) is 176 cm³/mol. The second kappa shape index (κ2) is 13.2. The van der Waals surface area contributed by atoms with Crippen LogP contribution in [0, 0.1) is 5.92 Å². The number of aryl methyl sites for hydroxylation is 2. The average Bonchev–Trinajstić information content (AvgIpc) is 3.45. The second-order valence-corrected chi connectivity index (χ2v) is 12.2. The number of hydrogen-bond donors (Lipinski definition) is 1. The van der Waals surface area contributed by atoms with Crippen molar-refractivity contribution in [1.29, 1.82) is 0 Å². The summed E-state index contributed by atoms with van der Waals surface area (Å²) in [5, 5.41) is 7.31. The molecule has 10 nitrogen and oxygen atoms in total. The van der Waals surface area contributed by atoms with Crippen LogP contribution >= 0.6 is 23.2 Å². The smallest absolute Gasteiger partial charge is 0.311 e. The molecule has 1 aliphatic carbocycles. The molecule has 0 spiro atoms. The second-order valence-electron chi connectivity index (χ2n) is 11.4. The highest BCUT2D eigenvalue weighted by Gasteiger charge is 2.42. The minimum Gasteiger partial charge on any atom is -0.481 e. The molecule has 3 heterocycles. The van der Waals surface area contributed by atoms with E-state index in [-0.39, 0.29) is 28.5 Å². The lowest BCUT2D eigenvalue weighted by atomic mass is 9.95. The normalized spacial score (nSPS) is 16.1. The molecule has 1 saturated heterocycles. The molecule has 1 amide bonds. The van der Waals surface area contributed by atoms with Crippen LogP contribution in [0.1, 0.15) is 47.3 Å². The van der Waals surface area contributed by atoms with E-state index in [1.54, 1.807) is 19.2 Å². The number of ether oxygens (including phenoxy) is 2. The van der Waals surface area contributed by atoms with Gasteiger partial charge in [-0.3, -0.25) is 19.3 Å². The van der Waals surface area contributed by atoms with Crippen molar-refractivity contribution >= 4 is 40.8 Å². The lowest BCUT2D eigenvalue weighted by Gasteiger charge is -2.42. The summed E-state index contributed by atoms with van der Waals surface area (Å²) < 4.78 is 12.2. The Morgan fingerprint density at radius 3 is 2.50 bits per heavy atom. The molecule has 1 fully saturated rings. The number of methoxy groups -OCH3 is 1. The van der Waals surface area contributed by atoms with Gasteiger partial charge >= 0.3 is 5.97 Å². The molecule has 0 saturated carbocycles. The first-order chi connectivity index (χ1) is 22.2. The van der Waals surface area contributed by atoms with Crippen LogP contribution in [-0.4, -0.2) is 58.3 Å². The van der Waals surface area contributed by atoms with Crippen LogP contribution in [0.3, 0.4) is 0 Å². The fourth-order valence-electron chi connectivity index (χ4n) is 6.12. The highest BCUT2D eigenvalue weighted by molar-refractivity contribution is 6.39. The zero-order valence-corrected chi connectivity index (χ0v) is 27.2. The van der Waals surface area contributed by atoms with Gasteiger partial charge in [-0.1, -0.05) is 60.5 Å². The number of halogens is 2. The number of hydrogen-bond acceptors (Lipinski definition) is 8. The fourth-order valence-corrected chi connectivity index (χ4v) is 6.72. The van der Waals surface area contributed by atoms with Crippen LogP contribution < -0.4 is 15.6 Å². The molecule has 46 heavy (non-hydrogen) atoms. The van der Waals surface area contributed by atoms with E-state index in [9.17, 15) is 14.4 Å². The number of anilines is 1. The molecule has 1 unspecified atom stereocenters. The molecule has 2 aromatic heterocycles. The lowest BCUT2D eigenvalue weighted by Crippen LogP contribution is -2.51. The third-order valence-corrected chi connectivity index (χ3v) is 9.33. The van der Waals surface area contributed by atoms with Crippen LogP contribution in [0.4, 0.5) is 5.69 Å². The SMILES string of the molecule is CCCOC(=O)C1CN(C2CCc3cc(-c4cccc(-c5cccc(NC(=O)c6ccnn(C)c6=O)c5Cl)c4Cl)nc(OC)c32)C1. The largest absolute Gasteiger partial charge is 0.481 e. The van der Waals surface area contributed by atoms with Crippen molar-refractivity contribution < 1.29 is 19.1 Å². The zero-order valence-electron chi connectivity index (χ0n) is 25.7. The Morgan fingerprint density at radius 2 is 1.76 bits per heavy atom. The number of carbonyl (C=O) groups excluding carboxylic acids is 2. The van der Waals surface area contributed by atoms with Gasteiger partial charge in [-0.25, -0.2) is 9.67 Å². The van der Waals surface area contributed by atoms with E-state index < -0.39 is 11.5 Å². The Hall–Kier alpha value is -4.25. The van der Waals surface area contributed by atoms with Gasteiger partial charge in [0.1, 0.15) is 5.56 Å². The first-order valence-electron chi connectivity index (χ1n) is 15.1. The van der Waals surface area contributed by atoms with Gasteiger partial charge in [0, 0.05) is 54.6 Å². The van der Waals surface area contributed by atoms with Crippen molar-refractivity contribution in [3.8, 4) is 28.3 Å². The zero-order chi connectivity index (χ0) is 32.5. The first kappa shape index (κ1) is 31.7. The first-order valence-corrected chi connectivity index (χ1v) is 15.9. The van der Waals surface area contributed by atoms with E-state index in [4.69, 9.17) is 37.7 Å². The van der Waals surface area contributed by atoms with Gasteiger partial charge in [0.05, 0.1) is 41.1 Å². The lowest BCUT2D eigenvalue weighted by molar-refractivity contribution is -0.155. The maximum absolute atomic E-state index is 12.9. The molecule has 1 aliphatic heterocycles. The summed E-state index contributed by atoms with van der Waals surface area (Å²) in [6.07, 6.45) is 3.94. The van der Waals surface area contributed by atoms with Crippen molar-refractivity contribution in [1.82, 2.24) is 19.7 Å². The van der Waals surface area contributed by atoms with Crippen molar-refractivity contribution in [3.63, 3.8) is 0 Å². The number of fused-ring (bicyclic) bond motifs is 1. The van der Waals surface area contributed by atoms with Gasteiger partial charge in [-0.05, 0) is 43.0 Å². The number of aromatic nitrogens is 3. The van der Waals surface area contributed by atoms with E-state index in [0.29, 0.717) is 58.7 Å². The van der Waals surface area contributed by atoms with Crippen LogP contribution in [-0.2, 0) is 23.0 Å². The molecule has 2 aliphatic rings. The summed E-state index contributed by atoms with van der Waals surface area (Å²) in [6, 6.07) is 14.4. The summed E-state index contributed by atoms with van der Waals surface area (Å²) in [5.74, 6) is -0.283. The monoisotopic (exact) mass is 661 g/mol. The summed E-state index contributed by atoms with van der Waals surface area (Å²) in [7, 11) is 3.09. The third-order valence-electron chi connectivity index (χ3n) is 8.52. The summed E-state index contributed by atoms with van der Waals surface area (Å²) >= 11 is 13.9. The maximum atomic E-state index is 12.9. The number of rotatable bonds is 9. The number of nitrogens with zero attached hydrogens (tertiary/aromatic N) is 4. The average molecular weight is 663 g/mol. The molecule has 12 heteroatoms. The highest BCUT2D eigenvalue weighted by atomic mass is 35.5. The number of likely N-dealkylation sites (tertiary alicyclic amines) is 1. The molecule has 1 N–H and O–H groups in total. The quantitative estimate of drug-likeness (QED) is 0.219.